The van der Waals surface area contributed by atoms with Gasteiger partial charge in [0, 0.05) is 19.7 Å². The van der Waals surface area contributed by atoms with Crippen molar-refractivity contribution in [2.24, 2.45) is 0 Å². The zero-order valence-electron chi connectivity index (χ0n) is 15.5. The monoisotopic (exact) mass is 406 g/mol. The number of aromatic nitrogens is 3. The van der Waals surface area contributed by atoms with Crippen molar-refractivity contribution in [1.82, 2.24) is 20.1 Å². The van der Waals surface area contributed by atoms with Gasteiger partial charge in [0.2, 0.25) is 5.91 Å². The van der Waals surface area contributed by atoms with Crippen LogP contribution in [-0.4, -0.2) is 45.7 Å². The van der Waals surface area contributed by atoms with Gasteiger partial charge in [0.05, 0.1) is 11.9 Å². The van der Waals surface area contributed by atoms with Gasteiger partial charge in [0.1, 0.15) is 6.61 Å². The number of nitrogens with one attached hydrogen (secondary N) is 1. The van der Waals surface area contributed by atoms with Crippen LogP contribution in [0.15, 0.2) is 42.1 Å². The highest BCUT2D eigenvalue weighted by Crippen LogP contribution is 2.20. The topological polar surface area (TPSA) is 78.3 Å². The molecule has 1 N–H and O–H groups in total. The number of benzene rings is 1. The molecule has 150 valence electrons. The minimum absolute atomic E-state index is 0.0630. The summed E-state index contributed by atoms with van der Waals surface area (Å²) in [5.41, 5.74) is 0. The largest absolute Gasteiger partial charge is 0.483 e. The van der Waals surface area contributed by atoms with Gasteiger partial charge < -0.3 is 14.8 Å². The van der Waals surface area contributed by atoms with E-state index in [4.69, 9.17) is 9.47 Å². The van der Waals surface area contributed by atoms with Crippen LogP contribution in [0.5, 0.6) is 5.75 Å². The number of halogens is 1. The molecule has 3 rings (SSSR count). The Labute approximate surface area is 167 Å². The highest BCUT2D eigenvalue weighted by Gasteiger charge is 2.18. The molecule has 1 atom stereocenters. The molecule has 2 aromatic rings. The normalized spacial score (nSPS) is 16.1. The van der Waals surface area contributed by atoms with Crippen LogP contribution >= 0.6 is 11.8 Å². The Morgan fingerprint density at radius 3 is 3.07 bits per heavy atom. The molecule has 0 aliphatic carbocycles. The Morgan fingerprint density at radius 1 is 1.46 bits per heavy atom. The molecule has 0 spiro atoms. The molecule has 1 aliphatic rings. The second-order valence-corrected chi connectivity index (χ2v) is 7.19. The van der Waals surface area contributed by atoms with Gasteiger partial charge in [0.15, 0.2) is 22.5 Å². The van der Waals surface area contributed by atoms with Crippen molar-refractivity contribution in [3.8, 4) is 5.75 Å². The van der Waals surface area contributed by atoms with E-state index in [1.807, 2.05) is 0 Å². The van der Waals surface area contributed by atoms with E-state index in [9.17, 15) is 9.18 Å². The smallest absolute Gasteiger partial charge is 0.230 e. The van der Waals surface area contributed by atoms with Crippen molar-refractivity contribution < 1.29 is 18.7 Å². The third kappa shape index (κ3) is 5.56. The standard InChI is InChI=1S/C19H23FN4O3S/c1-2-9-24-17(12-27-16-8-4-3-7-15(16)20)22-23-19(24)28-13-18(25)21-11-14-6-5-10-26-14/h2-4,7-8,14H,1,5-6,9-13H2,(H,21,25)/t14-/m0/s1. The molecule has 1 aromatic carbocycles. The summed E-state index contributed by atoms with van der Waals surface area (Å²) < 4.78 is 26.5. The number of carbonyl (C=O) groups excluding carboxylic acids is 1. The van der Waals surface area contributed by atoms with E-state index in [-0.39, 0.29) is 30.1 Å². The fourth-order valence-electron chi connectivity index (χ4n) is 2.76. The third-order valence-electron chi connectivity index (χ3n) is 4.18. The van der Waals surface area contributed by atoms with Crippen LogP contribution < -0.4 is 10.1 Å². The maximum atomic E-state index is 13.7. The van der Waals surface area contributed by atoms with Crippen molar-refractivity contribution in [2.75, 3.05) is 18.9 Å². The molecule has 0 radical (unpaired) electrons. The Kier molecular flexibility index (Phi) is 7.44. The van der Waals surface area contributed by atoms with Crippen molar-refractivity contribution in [3.63, 3.8) is 0 Å². The van der Waals surface area contributed by atoms with Crippen LogP contribution in [0, 0.1) is 5.82 Å². The van der Waals surface area contributed by atoms with Crippen LogP contribution in [0.2, 0.25) is 0 Å². The Morgan fingerprint density at radius 2 is 2.32 bits per heavy atom. The Hall–Kier alpha value is -2.39. The molecule has 1 amide bonds. The summed E-state index contributed by atoms with van der Waals surface area (Å²) >= 11 is 1.28. The van der Waals surface area contributed by atoms with Crippen LogP contribution in [0.4, 0.5) is 4.39 Å². The van der Waals surface area contributed by atoms with Crippen molar-refractivity contribution in [2.45, 2.75) is 37.3 Å². The Bertz CT molecular complexity index is 808. The zero-order valence-corrected chi connectivity index (χ0v) is 16.3. The summed E-state index contributed by atoms with van der Waals surface area (Å²) in [4.78, 5) is 12.1. The first kappa shape index (κ1) is 20.3. The number of thioether (sulfide) groups is 1. The maximum absolute atomic E-state index is 13.7. The fourth-order valence-corrected chi connectivity index (χ4v) is 3.56. The summed E-state index contributed by atoms with van der Waals surface area (Å²) in [6.45, 7) is 5.55. The number of hydrogen-bond donors (Lipinski definition) is 1. The predicted molar refractivity (Wildman–Crippen MR) is 104 cm³/mol. The first-order chi connectivity index (χ1) is 13.7. The highest BCUT2D eigenvalue weighted by molar-refractivity contribution is 7.99. The first-order valence-electron chi connectivity index (χ1n) is 9.08. The molecule has 9 heteroatoms. The minimum Gasteiger partial charge on any atom is -0.483 e. The van der Waals surface area contributed by atoms with Gasteiger partial charge in [-0.15, -0.1) is 16.8 Å². The van der Waals surface area contributed by atoms with Crippen LogP contribution in [0.25, 0.3) is 0 Å². The minimum atomic E-state index is -0.435. The van der Waals surface area contributed by atoms with Gasteiger partial charge in [-0.1, -0.05) is 30.0 Å². The lowest BCUT2D eigenvalue weighted by Crippen LogP contribution is -2.32. The average Bonchev–Trinajstić information content (AvgIpc) is 3.35. The molecule has 1 saturated heterocycles. The quantitative estimate of drug-likeness (QED) is 0.483. The van der Waals surface area contributed by atoms with Gasteiger partial charge >= 0.3 is 0 Å². The number of rotatable bonds is 10. The van der Waals surface area contributed by atoms with E-state index < -0.39 is 5.82 Å². The lowest BCUT2D eigenvalue weighted by Gasteiger charge is -2.11. The molecule has 7 nitrogen and oxygen atoms in total. The van der Waals surface area contributed by atoms with E-state index >= 15 is 0 Å². The third-order valence-corrected chi connectivity index (χ3v) is 5.15. The van der Waals surface area contributed by atoms with Gasteiger partial charge in [-0.2, -0.15) is 0 Å². The van der Waals surface area contributed by atoms with Gasteiger partial charge in [0.25, 0.3) is 0 Å². The zero-order chi connectivity index (χ0) is 19.8. The molecule has 2 heterocycles. The van der Waals surface area contributed by atoms with E-state index in [2.05, 4.69) is 22.1 Å². The summed E-state index contributed by atoms with van der Waals surface area (Å²) in [5.74, 6) is 0.382. The lowest BCUT2D eigenvalue weighted by molar-refractivity contribution is -0.119. The number of allylic oxidation sites excluding steroid dienone is 1. The van der Waals surface area contributed by atoms with E-state index in [1.165, 1.54) is 17.8 Å². The average molecular weight is 406 g/mol. The van der Waals surface area contributed by atoms with Crippen LogP contribution in [0.3, 0.4) is 0 Å². The van der Waals surface area contributed by atoms with Crippen LogP contribution in [-0.2, 0) is 22.7 Å². The molecule has 1 aliphatic heterocycles. The molecule has 1 fully saturated rings. The number of carbonyl (C=O) groups is 1. The van der Waals surface area contributed by atoms with Gasteiger partial charge in [-0.3, -0.25) is 9.36 Å². The van der Waals surface area contributed by atoms with E-state index in [1.54, 1.807) is 28.8 Å². The lowest BCUT2D eigenvalue weighted by atomic mass is 10.2. The fraction of sp³-hybridized carbons (Fsp3) is 0.421. The van der Waals surface area contributed by atoms with Crippen molar-refractivity contribution in [1.29, 1.82) is 0 Å². The van der Waals surface area contributed by atoms with Crippen molar-refractivity contribution >= 4 is 17.7 Å². The summed E-state index contributed by atoms with van der Waals surface area (Å²) in [5, 5.41) is 11.7. The van der Waals surface area contributed by atoms with Gasteiger partial charge in [-0.05, 0) is 25.0 Å². The maximum Gasteiger partial charge on any atom is 0.230 e. The highest BCUT2D eigenvalue weighted by atomic mass is 32.2. The summed E-state index contributed by atoms with van der Waals surface area (Å²) in [6, 6.07) is 6.18. The number of para-hydroxylation sites is 1. The SMILES string of the molecule is C=CCn1c(COc2ccccc2F)nnc1SCC(=O)NC[C@@H]1CCCO1. The summed E-state index contributed by atoms with van der Waals surface area (Å²) in [6.07, 6.45) is 3.84. The molecule has 0 unspecified atom stereocenters. The second kappa shape index (κ2) is 10.2. The Balaban J connectivity index is 1.54. The molecule has 1 aromatic heterocycles. The predicted octanol–water partition coefficient (Wildman–Crippen LogP) is 2.57. The number of hydrogen-bond acceptors (Lipinski definition) is 6. The number of nitrogens with zero attached hydrogens (tertiary/aromatic N) is 3. The van der Waals surface area contributed by atoms with Crippen molar-refractivity contribution in [3.05, 3.63) is 48.6 Å². The first-order valence-corrected chi connectivity index (χ1v) is 10.1. The number of amides is 1. The van der Waals surface area contributed by atoms with Gasteiger partial charge in [-0.25, -0.2) is 4.39 Å². The van der Waals surface area contributed by atoms with E-state index in [0.29, 0.717) is 24.1 Å². The summed E-state index contributed by atoms with van der Waals surface area (Å²) in [7, 11) is 0. The second-order valence-electron chi connectivity index (χ2n) is 6.24. The molecule has 0 saturated carbocycles. The number of ether oxygens (including phenoxy) is 2. The molecular weight excluding hydrogens is 383 g/mol. The molecule has 0 bridgehead atoms. The molecule has 28 heavy (non-hydrogen) atoms. The van der Waals surface area contributed by atoms with Crippen LogP contribution in [0.1, 0.15) is 18.7 Å². The van der Waals surface area contributed by atoms with E-state index in [0.717, 1.165) is 19.4 Å². The molecular formula is C19H23FN4O3S.